The van der Waals surface area contributed by atoms with E-state index in [9.17, 15) is 4.79 Å². The van der Waals surface area contributed by atoms with Crippen molar-refractivity contribution in [3.63, 3.8) is 0 Å². The van der Waals surface area contributed by atoms with Gasteiger partial charge in [-0.2, -0.15) is 0 Å². The van der Waals surface area contributed by atoms with E-state index in [0.717, 1.165) is 17.2 Å². The van der Waals surface area contributed by atoms with E-state index < -0.39 is 0 Å². The minimum atomic E-state index is -0.00699. The van der Waals surface area contributed by atoms with Gasteiger partial charge < -0.3 is 4.79 Å². The standard InChI is InChI=1S/C11H13BrO/c1-8-3-4-10(6-12)11(5-8)9(2)7-13/h3-5,7,9H,6H2,1-2H3. The van der Waals surface area contributed by atoms with Gasteiger partial charge in [-0.05, 0) is 18.1 Å². The number of aldehydes is 1. The molecule has 0 aliphatic carbocycles. The Morgan fingerprint density at radius 1 is 1.54 bits per heavy atom. The number of aryl methyl sites for hydroxylation is 1. The molecule has 0 aliphatic heterocycles. The molecule has 1 rings (SSSR count). The van der Waals surface area contributed by atoms with Gasteiger partial charge in [0, 0.05) is 11.2 Å². The van der Waals surface area contributed by atoms with E-state index in [1.54, 1.807) is 0 Å². The third-order valence-corrected chi connectivity index (χ3v) is 2.74. The smallest absolute Gasteiger partial charge is 0.127 e. The molecule has 0 heterocycles. The molecule has 2 heteroatoms. The summed E-state index contributed by atoms with van der Waals surface area (Å²) < 4.78 is 0. The van der Waals surface area contributed by atoms with Crippen LogP contribution in [0.15, 0.2) is 18.2 Å². The molecule has 13 heavy (non-hydrogen) atoms. The van der Waals surface area contributed by atoms with Gasteiger partial charge in [-0.25, -0.2) is 0 Å². The molecule has 1 aromatic rings. The minimum Gasteiger partial charge on any atom is -0.303 e. The molecule has 1 aromatic carbocycles. The summed E-state index contributed by atoms with van der Waals surface area (Å²) in [6.07, 6.45) is 0.987. The first-order valence-electron chi connectivity index (χ1n) is 4.29. The molecule has 0 spiro atoms. The lowest BCUT2D eigenvalue weighted by atomic mass is 9.96. The highest BCUT2D eigenvalue weighted by Crippen LogP contribution is 2.21. The molecular formula is C11H13BrO. The highest BCUT2D eigenvalue weighted by Gasteiger charge is 2.08. The second-order valence-corrected chi connectivity index (χ2v) is 3.82. The Balaban J connectivity index is 3.14. The zero-order valence-corrected chi connectivity index (χ0v) is 9.47. The summed E-state index contributed by atoms with van der Waals surface area (Å²) >= 11 is 3.41. The van der Waals surface area contributed by atoms with Crippen LogP contribution < -0.4 is 0 Å². The summed E-state index contributed by atoms with van der Waals surface area (Å²) in [6.45, 7) is 3.97. The van der Waals surface area contributed by atoms with Crippen molar-refractivity contribution in [2.24, 2.45) is 0 Å². The normalized spacial score (nSPS) is 12.5. The maximum absolute atomic E-state index is 10.7. The molecule has 1 atom stereocenters. The molecule has 0 fully saturated rings. The predicted octanol–water partition coefficient (Wildman–Crippen LogP) is 3.19. The fourth-order valence-corrected chi connectivity index (χ4v) is 1.84. The van der Waals surface area contributed by atoms with E-state index in [1.807, 2.05) is 13.8 Å². The monoisotopic (exact) mass is 240 g/mol. The van der Waals surface area contributed by atoms with Crippen molar-refractivity contribution in [1.82, 2.24) is 0 Å². The van der Waals surface area contributed by atoms with Crippen LogP contribution in [0.3, 0.4) is 0 Å². The van der Waals surface area contributed by atoms with Gasteiger partial charge in [0.15, 0.2) is 0 Å². The molecule has 0 amide bonds. The summed E-state index contributed by atoms with van der Waals surface area (Å²) in [6, 6.07) is 6.21. The van der Waals surface area contributed by atoms with Crippen LogP contribution in [0.25, 0.3) is 0 Å². The van der Waals surface area contributed by atoms with Crippen molar-refractivity contribution in [3.8, 4) is 0 Å². The fraction of sp³-hybridized carbons (Fsp3) is 0.364. The molecule has 0 N–H and O–H groups in total. The molecule has 0 aliphatic rings. The zero-order valence-electron chi connectivity index (χ0n) is 7.88. The molecule has 0 radical (unpaired) electrons. The summed E-state index contributed by atoms with van der Waals surface area (Å²) in [7, 11) is 0. The van der Waals surface area contributed by atoms with Gasteiger partial charge in [0.2, 0.25) is 0 Å². The molecular weight excluding hydrogens is 228 g/mol. The Kier molecular flexibility index (Phi) is 3.67. The molecule has 0 bridgehead atoms. The van der Waals surface area contributed by atoms with Gasteiger partial charge in [-0.15, -0.1) is 0 Å². The predicted molar refractivity (Wildman–Crippen MR) is 58.3 cm³/mol. The Morgan fingerprint density at radius 3 is 2.77 bits per heavy atom. The zero-order chi connectivity index (χ0) is 9.84. The fourth-order valence-electron chi connectivity index (χ4n) is 1.33. The summed E-state index contributed by atoms with van der Waals surface area (Å²) in [5.74, 6) is -0.00699. The molecule has 70 valence electrons. The average Bonchev–Trinajstić information content (AvgIpc) is 2.16. The Bertz CT molecular complexity index is 307. The quantitative estimate of drug-likeness (QED) is 0.586. The second kappa shape index (κ2) is 4.56. The van der Waals surface area contributed by atoms with Crippen LogP contribution in [0, 0.1) is 6.92 Å². The van der Waals surface area contributed by atoms with Crippen molar-refractivity contribution >= 4 is 22.2 Å². The lowest BCUT2D eigenvalue weighted by Crippen LogP contribution is -1.99. The molecule has 1 nitrogen and oxygen atoms in total. The van der Waals surface area contributed by atoms with Crippen molar-refractivity contribution in [2.45, 2.75) is 25.1 Å². The molecule has 1 unspecified atom stereocenters. The number of carbonyl (C=O) groups excluding carboxylic acids is 1. The average molecular weight is 241 g/mol. The SMILES string of the molecule is Cc1ccc(CBr)c(C(C)C=O)c1. The molecule has 0 aromatic heterocycles. The van der Waals surface area contributed by atoms with Crippen molar-refractivity contribution in [2.75, 3.05) is 0 Å². The van der Waals surface area contributed by atoms with E-state index >= 15 is 0 Å². The first kappa shape index (κ1) is 10.5. The largest absolute Gasteiger partial charge is 0.303 e. The Morgan fingerprint density at radius 2 is 2.23 bits per heavy atom. The Hall–Kier alpha value is -0.630. The highest BCUT2D eigenvalue weighted by atomic mass is 79.9. The lowest BCUT2D eigenvalue weighted by Gasteiger charge is -2.10. The first-order valence-corrected chi connectivity index (χ1v) is 5.42. The van der Waals surface area contributed by atoms with E-state index in [-0.39, 0.29) is 5.92 Å². The summed E-state index contributed by atoms with van der Waals surface area (Å²) in [5.41, 5.74) is 3.53. The van der Waals surface area contributed by atoms with Crippen LogP contribution in [0.4, 0.5) is 0 Å². The molecule has 0 saturated carbocycles. The van der Waals surface area contributed by atoms with Crippen LogP contribution in [-0.4, -0.2) is 6.29 Å². The van der Waals surface area contributed by atoms with Gasteiger partial charge in [0.1, 0.15) is 6.29 Å². The maximum Gasteiger partial charge on any atom is 0.127 e. The third-order valence-electron chi connectivity index (χ3n) is 2.14. The van der Waals surface area contributed by atoms with Crippen molar-refractivity contribution in [1.29, 1.82) is 0 Å². The van der Waals surface area contributed by atoms with E-state index in [0.29, 0.717) is 0 Å². The second-order valence-electron chi connectivity index (χ2n) is 3.26. The minimum absolute atomic E-state index is 0.00699. The molecule has 0 saturated heterocycles. The number of carbonyl (C=O) groups is 1. The van der Waals surface area contributed by atoms with E-state index in [2.05, 4.69) is 34.1 Å². The summed E-state index contributed by atoms with van der Waals surface area (Å²) in [4.78, 5) is 10.7. The van der Waals surface area contributed by atoms with Gasteiger partial charge in [0.25, 0.3) is 0 Å². The summed E-state index contributed by atoms with van der Waals surface area (Å²) in [5, 5.41) is 0.806. The van der Waals surface area contributed by atoms with Gasteiger partial charge in [0.05, 0.1) is 0 Å². The number of hydrogen-bond acceptors (Lipinski definition) is 1. The van der Waals surface area contributed by atoms with E-state index in [1.165, 1.54) is 11.1 Å². The van der Waals surface area contributed by atoms with Crippen LogP contribution >= 0.6 is 15.9 Å². The number of hydrogen-bond donors (Lipinski definition) is 0. The van der Waals surface area contributed by atoms with Crippen molar-refractivity contribution in [3.05, 3.63) is 34.9 Å². The lowest BCUT2D eigenvalue weighted by molar-refractivity contribution is -0.108. The highest BCUT2D eigenvalue weighted by molar-refractivity contribution is 9.08. The van der Waals surface area contributed by atoms with Gasteiger partial charge >= 0.3 is 0 Å². The van der Waals surface area contributed by atoms with Gasteiger partial charge in [-0.3, -0.25) is 0 Å². The van der Waals surface area contributed by atoms with Gasteiger partial charge in [-0.1, -0.05) is 46.6 Å². The number of alkyl halides is 1. The first-order chi connectivity index (χ1) is 6.19. The number of benzene rings is 1. The number of rotatable bonds is 3. The number of halogens is 1. The van der Waals surface area contributed by atoms with Crippen LogP contribution in [0.5, 0.6) is 0 Å². The Labute approximate surface area is 87.3 Å². The van der Waals surface area contributed by atoms with Crippen LogP contribution in [-0.2, 0) is 10.1 Å². The van der Waals surface area contributed by atoms with E-state index in [4.69, 9.17) is 0 Å². The van der Waals surface area contributed by atoms with Crippen LogP contribution in [0.1, 0.15) is 29.5 Å². The van der Waals surface area contributed by atoms with Crippen molar-refractivity contribution < 1.29 is 4.79 Å². The topological polar surface area (TPSA) is 17.1 Å². The van der Waals surface area contributed by atoms with Crippen LogP contribution in [0.2, 0.25) is 0 Å². The maximum atomic E-state index is 10.7. The third kappa shape index (κ3) is 2.41.